The second-order valence-corrected chi connectivity index (χ2v) is 9.53. The van der Waals surface area contributed by atoms with E-state index in [9.17, 15) is 4.79 Å². The van der Waals surface area contributed by atoms with Gasteiger partial charge in [0.2, 0.25) is 11.8 Å². The van der Waals surface area contributed by atoms with Crippen LogP contribution in [0.5, 0.6) is 0 Å². The summed E-state index contributed by atoms with van der Waals surface area (Å²) in [7, 11) is 0. The Bertz CT molecular complexity index is 819. The first kappa shape index (κ1) is 22.7. The Morgan fingerprint density at radius 1 is 1.20 bits per heavy atom. The molecule has 1 N–H and O–H groups in total. The maximum atomic E-state index is 12.7. The van der Waals surface area contributed by atoms with Crippen LogP contribution < -0.4 is 10.2 Å². The summed E-state index contributed by atoms with van der Waals surface area (Å²) in [5, 5.41) is 11.7. The van der Waals surface area contributed by atoms with Crippen LogP contribution >= 0.6 is 11.8 Å². The molecule has 0 saturated heterocycles. The largest absolute Gasteiger partial charge is 0.411 e. The van der Waals surface area contributed by atoms with E-state index in [1.165, 1.54) is 30.3 Å². The molecule has 7 heteroatoms. The van der Waals surface area contributed by atoms with Crippen LogP contribution in [0.15, 0.2) is 33.9 Å². The molecule has 3 rings (SSSR count). The van der Waals surface area contributed by atoms with E-state index in [2.05, 4.69) is 60.2 Å². The number of aromatic nitrogens is 2. The third kappa shape index (κ3) is 5.36. The third-order valence-corrected chi connectivity index (χ3v) is 7.26. The molecule has 1 aliphatic rings. The number of benzene rings is 1. The predicted octanol–water partition coefficient (Wildman–Crippen LogP) is 5.00. The molecule has 1 aliphatic carbocycles. The van der Waals surface area contributed by atoms with Gasteiger partial charge < -0.3 is 14.6 Å². The molecule has 6 nitrogen and oxygen atoms in total. The molecule has 1 amide bonds. The lowest BCUT2D eigenvalue weighted by Gasteiger charge is -2.35. The predicted molar refractivity (Wildman–Crippen MR) is 123 cm³/mol. The zero-order valence-electron chi connectivity index (χ0n) is 18.7. The van der Waals surface area contributed by atoms with Gasteiger partial charge in [0, 0.05) is 30.4 Å². The number of nitrogens with zero attached hydrogens (tertiary/aromatic N) is 3. The first-order chi connectivity index (χ1) is 14.4. The Morgan fingerprint density at radius 3 is 2.57 bits per heavy atom. The molecule has 1 heterocycles. The zero-order chi connectivity index (χ0) is 21.7. The fourth-order valence-corrected chi connectivity index (χ4v) is 4.76. The molecular formula is C23H34N4O2S. The van der Waals surface area contributed by atoms with E-state index in [4.69, 9.17) is 4.42 Å². The highest BCUT2D eigenvalue weighted by molar-refractivity contribution is 8.00. The molecule has 0 spiro atoms. The van der Waals surface area contributed by atoms with Crippen molar-refractivity contribution in [3.63, 3.8) is 0 Å². The number of hydrogen-bond acceptors (Lipinski definition) is 6. The van der Waals surface area contributed by atoms with Crippen molar-refractivity contribution in [2.45, 2.75) is 70.4 Å². The maximum Gasteiger partial charge on any atom is 0.277 e. The van der Waals surface area contributed by atoms with Crippen LogP contribution in [0.1, 0.15) is 53.9 Å². The highest BCUT2D eigenvalue weighted by Crippen LogP contribution is 2.31. The molecule has 1 saturated carbocycles. The van der Waals surface area contributed by atoms with E-state index < -0.39 is 0 Å². The van der Waals surface area contributed by atoms with Crippen molar-refractivity contribution in [1.29, 1.82) is 0 Å². The van der Waals surface area contributed by atoms with Crippen molar-refractivity contribution in [3.8, 4) is 11.5 Å². The van der Waals surface area contributed by atoms with Gasteiger partial charge in [-0.05, 0) is 63.3 Å². The number of carbonyl (C=O) groups excluding carboxylic acids is 1. The molecule has 164 valence electrons. The van der Waals surface area contributed by atoms with E-state index in [0.29, 0.717) is 22.9 Å². The highest BCUT2D eigenvalue weighted by atomic mass is 32.2. The SMILES string of the molecule is CCN(CC)c1ccc(-c2nnc(S[C@@H](C)C(=O)N[C@H]3CCC[C@H](C)[C@@H]3C)o2)cc1. The summed E-state index contributed by atoms with van der Waals surface area (Å²) in [5.74, 6) is 1.67. The van der Waals surface area contributed by atoms with Gasteiger partial charge in [0.1, 0.15) is 0 Å². The molecule has 1 aromatic heterocycles. The summed E-state index contributed by atoms with van der Waals surface area (Å²) in [4.78, 5) is 15.0. The lowest BCUT2D eigenvalue weighted by molar-refractivity contribution is -0.121. The Hall–Kier alpha value is -2.02. The number of rotatable bonds is 8. The first-order valence-electron chi connectivity index (χ1n) is 11.1. The Balaban J connectivity index is 1.58. The lowest BCUT2D eigenvalue weighted by atomic mass is 9.78. The lowest BCUT2D eigenvalue weighted by Crippen LogP contribution is -2.46. The summed E-state index contributed by atoms with van der Waals surface area (Å²) in [5.41, 5.74) is 2.06. The topological polar surface area (TPSA) is 71.3 Å². The average molecular weight is 431 g/mol. The number of amides is 1. The molecule has 0 bridgehead atoms. The van der Waals surface area contributed by atoms with Crippen molar-refractivity contribution < 1.29 is 9.21 Å². The van der Waals surface area contributed by atoms with Crippen LogP contribution in [0.25, 0.3) is 11.5 Å². The fourth-order valence-electron chi connectivity index (χ4n) is 4.07. The van der Waals surface area contributed by atoms with Gasteiger partial charge in [-0.25, -0.2) is 0 Å². The van der Waals surface area contributed by atoms with E-state index in [1.807, 2.05) is 19.1 Å². The van der Waals surface area contributed by atoms with Crippen molar-refractivity contribution in [1.82, 2.24) is 15.5 Å². The second-order valence-electron chi connectivity index (χ2n) is 8.23. The first-order valence-corrected chi connectivity index (χ1v) is 12.0. The maximum absolute atomic E-state index is 12.7. The Labute approximate surface area is 184 Å². The summed E-state index contributed by atoms with van der Waals surface area (Å²) >= 11 is 1.31. The van der Waals surface area contributed by atoms with Crippen LogP contribution in [-0.4, -0.2) is 40.5 Å². The van der Waals surface area contributed by atoms with E-state index >= 15 is 0 Å². The highest BCUT2D eigenvalue weighted by Gasteiger charge is 2.30. The van der Waals surface area contributed by atoms with Crippen LogP contribution in [0.2, 0.25) is 0 Å². The van der Waals surface area contributed by atoms with E-state index in [-0.39, 0.29) is 17.2 Å². The minimum Gasteiger partial charge on any atom is -0.411 e. The fraction of sp³-hybridized carbons (Fsp3) is 0.609. The zero-order valence-corrected chi connectivity index (χ0v) is 19.5. The van der Waals surface area contributed by atoms with Crippen molar-refractivity contribution >= 4 is 23.4 Å². The summed E-state index contributed by atoms with van der Waals surface area (Å²) in [6, 6.07) is 8.39. The normalized spacial score (nSPS) is 22.5. The van der Waals surface area contributed by atoms with Crippen molar-refractivity contribution in [2.24, 2.45) is 11.8 Å². The van der Waals surface area contributed by atoms with Crippen molar-refractivity contribution in [3.05, 3.63) is 24.3 Å². The van der Waals surface area contributed by atoms with Gasteiger partial charge in [0.05, 0.1) is 5.25 Å². The third-order valence-electron chi connectivity index (χ3n) is 6.33. The average Bonchev–Trinajstić information content (AvgIpc) is 3.21. The molecule has 30 heavy (non-hydrogen) atoms. The van der Waals surface area contributed by atoms with Gasteiger partial charge in [-0.1, -0.05) is 38.5 Å². The minimum absolute atomic E-state index is 0.0364. The van der Waals surface area contributed by atoms with Gasteiger partial charge in [-0.2, -0.15) is 0 Å². The van der Waals surface area contributed by atoms with Gasteiger partial charge >= 0.3 is 0 Å². The summed E-state index contributed by atoms with van der Waals surface area (Å²) in [6.07, 6.45) is 3.49. The molecule has 1 aromatic carbocycles. The number of hydrogen-bond donors (Lipinski definition) is 1. The van der Waals surface area contributed by atoms with Gasteiger partial charge in [0.15, 0.2) is 0 Å². The molecule has 0 aliphatic heterocycles. The van der Waals surface area contributed by atoms with Gasteiger partial charge in [-0.15, -0.1) is 10.2 Å². The van der Waals surface area contributed by atoms with Gasteiger partial charge in [-0.3, -0.25) is 4.79 Å². The number of thioether (sulfide) groups is 1. The second kappa shape index (κ2) is 10.3. The Morgan fingerprint density at radius 2 is 1.90 bits per heavy atom. The van der Waals surface area contributed by atoms with Gasteiger partial charge in [0.25, 0.3) is 5.22 Å². The molecule has 0 unspecified atom stereocenters. The number of carbonyl (C=O) groups is 1. The minimum atomic E-state index is -0.284. The quantitative estimate of drug-likeness (QED) is 0.594. The molecule has 2 aromatic rings. The van der Waals surface area contributed by atoms with Crippen LogP contribution in [-0.2, 0) is 4.79 Å². The van der Waals surface area contributed by atoms with E-state index in [0.717, 1.165) is 25.1 Å². The van der Waals surface area contributed by atoms with Crippen LogP contribution in [0, 0.1) is 11.8 Å². The van der Waals surface area contributed by atoms with Crippen LogP contribution in [0.4, 0.5) is 5.69 Å². The van der Waals surface area contributed by atoms with E-state index in [1.54, 1.807) is 0 Å². The molecule has 4 atom stereocenters. The standard InChI is InChI=1S/C23H34N4O2S/c1-6-27(7-2)19-13-11-18(12-14-19)22-25-26-23(29-22)30-17(5)21(28)24-20-10-8-9-15(3)16(20)4/h11-17,20H,6-10H2,1-5H3,(H,24,28)/t15-,16-,17-,20-/m0/s1. The molecule has 1 fully saturated rings. The number of nitrogens with one attached hydrogen (secondary N) is 1. The summed E-state index contributed by atoms with van der Waals surface area (Å²) in [6.45, 7) is 12.6. The van der Waals surface area contributed by atoms with Crippen molar-refractivity contribution in [2.75, 3.05) is 18.0 Å². The molecular weight excluding hydrogens is 396 g/mol. The summed E-state index contributed by atoms with van der Waals surface area (Å²) < 4.78 is 5.82. The monoisotopic (exact) mass is 430 g/mol. The molecule has 0 radical (unpaired) electrons. The smallest absolute Gasteiger partial charge is 0.277 e. The number of anilines is 1. The van der Waals surface area contributed by atoms with Crippen LogP contribution in [0.3, 0.4) is 0 Å². The Kier molecular flexibility index (Phi) is 7.81.